The lowest BCUT2D eigenvalue weighted by Crippen LogP contribution is -2.31. The van der Waals surface area contributed by atoms with Crippen LogP contribution in [0.2, 0.25) is 0 Å². The van der Waals surface area contributed by atoms with Crippen LogP contribution in [-0.2, 0) is 16.4 Å². The van der Waals surface area contributed by atoms with Crippen molar-refractivity contribution in [1.29, 1.82) is 0 Å². The molecule has 3 heteroatoms. The highest BCUT2D eigenvalue weighted by Gasteiger charge is 2.41. The first kappa shape index (κ1) is 11.6. The zero-order valence-electron chi connectivity index (χ0n) is 10.1. The molecule has 2 aromatic carbocycles. The van der Waals surface area contributed by atoms with Gasteiger partial charge in [0.25, 0.3) is 0 Å². The minimum absolute atomic E-state index is 0.237. The van der Waals surface area contributed by atoms with Gasteiger partial charge in [-0.1, -0.05) is 48.5 Å². The maximum absolute atomic E-state index is 11.6. The van der Waals surface area contributed by atoms with E-state index in [2.05, 4.69) is 0 Å². The van der Waals surface area contributed by atoms with Gasteiger partial charge < -0.3 is 5.11 Å². The van der Waals surface area contributed by atoms with Crippen LogP contribution < -0.4 is 0 Å². The number of benzene rings is 2. The minimum atomic E-state index is -1.12. The fourth-order valence-corrected chi connectivity index (χ4v) is 3.65. The van der Waals surface area contributed by atoms with Crippen LogP contribution in [0, 0.1) is 0 Å². The van der Waals surface area contributed by atoms with Crippen molar-refractivity contribution >= 4 is 10.8 Å². The molecule has 0 aromatic heterocycles. The number of fused-ring (bicyclic) bond motifs is 3. The second-order valence-corrected chi connectivity index (χ2v) is 6.10. The zero-order chi connectivity index (χ0) is 12.8. The van der Waals surface area contributed by atoms with Crippen LogP contribution in [-0.4, -0.2) is 21.3 Å². The van der Waals surface area contributed by atoms with Crippen molar-refractivity contribution in [1.82, 2.24) is 0 Å². The molecule has 0 heterocycles. The van der Waals surface area contributed by atoms with Crippen molar-refractivity contribution < 1.29 is 9.32 Å². The molecular weight excluding hydrogens is 244 g/mol. The van der Waals surface area contributed by atoms with Crippen molar-refractivity contribution in [2.24, 2.45) is 0 Å². The molecule has 2 nitrogen and oxygen atoms in total. The summed E-state index contributed by atoms with van der Waals surface area (Å²) in [4.78, 5) is 0. The van der Waals surface area contributed by atoms with Crippen LogP contribution in [0.25, 0.3) is 11.1 Å². The van der Waals surface area contributed by atoms with Crippen LogP contribution in [0.3, 0.4) is 0 Å². The van der Waals surface area contributed by atoms with E-state index in [4.69, 9.17) is 0 Å². The molecule has 3 rings (SSSR count). The Labute approximate surface area is 109 Å². The Morgan fingerprint density at radius 1 is 1.00 bits per heavy atom. The Bertz CT molecular complexity index is 588. The maximum atomic E-state index is 11.6. The van der Waals surface area contributed by atoms with Gasteiger partial charge in [0.15, 0.2) is 0 Å². The molecule has 1 N–H and O–H groups in total. The van der Waals surface area contributed by atoms with Crippen molar-refractivity contribution in [2.45, 2.75) is 5.60 Å². The molecule has 0 amide bonds. The highest BCUT2D eigenvalue weighted by Crippen LogP contribution is 2.47. The smallest absolute Gasteiger partial charge is 0.127 e. The topological polar surface area (TPSA) is 37.3 Å². The molecule has 0 bridgehead atoms. The Morgan fingerprint density at radius 3 is 1.89 bits per heavy atom. The molecule has 0 spiro atoms. The standard InChI is InChI=1S/C15H14O2S/c1-18(17)10-15(16)13-8-4-2-6-11(13)12-7-3-5-9-14(12)15/h2-9,16H,10H2,1H3/t18-/m1/s1. The fraction of sp³-hybridized carbons (Fsp3) is 0.200. The van der Waals surface area contributed by atoms with Crippen molar-refractivity contribution in [3.05, 3.63) is 59.7 Å². The van der Waals surface area contributed by atoms with Gasteiger partial charge in [0.2, 0.25) is 0 Å². The van der Waals surface area contributed by atoms with Gasteiger partial charge in [0.05, 0.1) is 5.75 Å². The predicted molar refractivity (Wildman–Crippen MR) is 73.8 cm³/mol. The molecule has 1 atom stereocenters. The number of hydrogen-bond donors (Lipinski definition) is 1. The van der Waals surface area contributed by atoms with Gasteiger partial charge in [-0.2, -0.15) is 0 Å². The first-order valence-electron chi connectivity index (χ1n) is 5.85. The SMILES string of the molecule is C[S@@](=O)CC1(O)c2ccccc2-c2ccccc21. The average molecular weight is 258 g/mol. The molecule has 0 fully saturated rings. The van der Waals surface area contributed by atoms with E-state index in [9.17, 15) is 9.32 Å². The van der Waals surface area contributed by atoms with Gasteiger partial charge in [-0.15, -0.1) is 0 Å². The summed E-state index contributed by atoms with van der Waals surface area (Å²) < 4.78 is 11.6. The van der Waals surface area contributed by atoms with E-state index in [1.807, 2.05) is 48.5 Å². The molecule has 0 radical (unpaired) electrons. The van der Waals surface area contributed by atoms with E-state index < -0.39 is 16.4 Å². The fourth-order valence-electron chi connectivity index (χ4n) is 2.75. The summed E-state index contributed by atoms with van der Waals surface area (Å²) >= 11 is 0. The zero-order valence-corrected chi connectivity index (χ0v) is 10.9. The second kappa shape index (κ2) is 4.04. The molecule has 1 aliphatic rings. The number of rotatable bonds is 2. The highest BCUT2D eigenvalue weighted by molar-refractivity contribution is 7.84. The summed E-state index contributed by atoms with van der Waals surface area (Å²) in [7, 11) is -1.06. The molecule has 0 aliphatic heterocycles. The lowest BCUT2D eigenvalue weighted by Gasteiger charge is -2.24. The Balaban J connectivity index is 2.30. The van der Waals surface area contributed by atoms with Crippen LogP contribution in [0.1, 0.15) is 11.1 Å². The first-order valence-corrected chi connectivity index (χ1v) is 7.57. The molecule has 0 saturated heterocycles. The number of hydrogen-bond acceptors (Lipinski definition) is 2. The van der Waals surface area contributed by atoms with Gasteiger partial charge in [0, 0.05) is 17.1 Å². The molecule has 1 aliphatic carbocycles. The lowest BCUT2D eigenvalue weighted by molar-refractivity contribution is 0.112. The molecule has 0 unspecified atom stereocenters. The van der Waals surface area contributed by atoms with Gasteiger partial charge in [-0.25, -0.2) is 0 Å². The summed E-state index contributed by atoms with van der Waals surface area (Å²) in [6, 6.07) is 15.6. The monoisotopic (exact) mass is 258 g/mol. The van der Waals surface area contributed by atoms with E-state index >= 15 is 0 Å². The Kier molecular flexibility index (Phi) is 2.61. The highest BCUT2D eigenvalue weighted by atomic mass is 32.2. The molecule has 0 saturated carbocycles. The lowest BCUT2D eigenvalue weighted by atomic mass is 9.94. The molecule has 18 heavy (non-hydrogen) atoms. The number of aliphatic hydroxyl groups is 1. The molecule has 92 valence electrons. The summed E-state index contributed by atoms with van der Waals surface area (Å²) in [6.45, 7) is 0. The molecular formula is C15H14O2S. The van der Waals surface area contributed by atoms with Crippen LogP contribution in [0.4, 0.5) is 0 Å². The Hall–Kier alpha value is -1.45. The summed E-state index contributed by atoms with van der Waals surface area (Å²) in [5.74, 6) is 0.237. The summed E-state index contributed by atoms with van der Waals surface area (Å²) in [5, 5.41) is 11.0. The minimum Gasteiger partial charge on any atom is -0.379 e. The van der Waals surface area contributed by atoms with Crippen molar-refractivity contribution in [2.75, 3.05) is 12.0 Å². The van der Waals surface area contributed by atoms with Crippen molar-refractivity contribution in [3.8, 4) is 11.1 Å². The van der Waals surface area contributed by atoms with E-state index in [-0.39, 0.29) is 5.75 Å². The third-order valence-corrected chi connectivity index (χ3v) is 4.27. The van der Waals surface area contributed by atoms with Gasteiger partial charge in [-0.05, 0) is 22.3 Å². The van der Waals surface area contributed by atoms with E-state index in [1.165, 1.54) is 0 Å². The van der Waals surface area contributed by atoms with E-state index in [1.54, 1.807) is 6.26 Å². The second-order valence-electron chi connectivity index (χ2n) is 4.67. The average Bonchev–Trinajstić information content (AvgIpc) is 2.61. The van der Waals surface area contributed by atoms with E-state index in [0.29, 0.717) is 0 Å². The van der Waals surface area contributed by atoms with E-state index in [0.717, 1.165) is 22.3 Å². The van der Waals surface area contributed by atoms with Gasteiger partial charge >= 0.3 is 0 Å². The maximum Gasteiger partial charge on any atom is 0.127 e. The summed E-state index contributed by atoms with van der Waals surface area (Å²) in [5.41, 5.74) is 2.69. The van der Waals surface area contributed by atoms with Crippen LogP contribution in [0.5, 0.6) is 0 Å². The van der Waals surface area contributed by atoms with Crippen LogP contribution >= 0.6 is 0 Å². The first-order chi connectivity index (χ1) is 8.63. The third kappa shape index (κ3) is 1.55. The third-order valence-electron chi connectivity index (χ3n) is 3.45. The Morgan fingerprint density at radius 2 is 1.44 bits per heavy atom. The quantitative estimate of drug-likeness (QED) is 0.897. The largest absolute Gasteiger partial charge is 0.379 e. The van der Waals surface area contributed by atoms with Gasteiger partial charge in [0.1, 0.15) is 5.60 Å². The van der Waals surface area contributed by atoms with Gasteiger partial charge in [-0.3, -0.25) is 4.21 Å². The normalized spacial score (nSPS) is 17.0. The molecule has 2 aromatic rings. The van der Waals surface area contributed by atoms with Crippen molar-refractivity contribution in [3.63, 3.8) is 0 Å². The summed E-state index contributed by atoms with van der Waals surface area (Å²) in [6.07, 6.45) is 1.63. The predicted octanol–water partition coefficient (Wildman–Crippen LogP) is 2.28. The van der Waals surface area contributed by atoms with Crippen LogP contribution in [0.15, 0.2) is 48.5 Å².